The van der Waals surface area contributed by atoms with Crippen LogP contribution in [0.5, 0.6) is 0 Å². The molecule has 0 aliphatic carbocycles. The molecule has 3 rings (SSSR count). The summed E-state index contributed by atoms with van der Waals surface area (Å²) in [5, 5.41) is 1.36. The molecule has 2 aromatic rings. The number of rotatable bonds is 2. The molecule has 1 aliphatic heterocycles. The van der Waals surface area contributed by atoms with E-state index in [1.54, 1.807) is 17.0 Å². The fourth-order valence-electron chi connectivity index (χ4n) is 2.09. The van der Waals surface area contributed by atoms with E-state index in [0.717, 1.165) is 16.8 Å². The molecule has 0 spiro atoms. The van der Waals surface area contributed by atoms with E-state index >= 15 is 0 Å². The Morgan fingerprint density at radius 3 is 2.00 bits per heavy atom. The summed E-state index contributed by atoms with van der Waals surface area (Å²) in [5.74, 6) is 0.0299. The van der Waals surface area contributed by atoms with E-state index in [9.17, 15) is 4.79 Å². The molecule has 100 valence electrons. The highest BCUT2D eigenvalue weighted by Gasteiger charge is 2.31. The molecule has 1 fully saturated rings. The molecule has 4 heteroatoms. The molecule has 0 unspecified atom stereocenters. The third-order valence-electron chi connectivity index (χ3n) is 3.20. The van der Waals surface area contributed by atoms with E-state index in [1.165, 1.54) is 0 Å². The number of halogens is 2. The highest BCUT2D eigenvalue weighted by atomic mass is 35.5. The minimum atomic E-state index is 0.0299. The van der Waals surface area contributed by atoms with Crippen molar-refractivity contribution in [2.24, 2.45) is 0 Å². The van der Waals surface area contributed by atoms with E-state index < -0.39 is 0 Å². The van der Waals surface area contributed by atoms with E-state index in [4.69, 9.17) is 23.2 Å². The highest BCUT2D eigenvalue weighted by molar-refractivity contribution is 6.31. The van der Waals surface area contributed by atoms with Crippen LogP contribution >= 0.6 is 23.2 Å². The normalized spacial score (nSPS) is 16.4. The number of carbonyl (C=O) groups is 1. The second-order valence-electron chi connectivity index (χ2n) is 4.59. The summed E-state index contributed by atoms with van der Waals surface area (Å²) in [4.78, 5) is 13.8. The second kappa shape index (κ2) is 5.31. The van der Waals surface area contributed by atoms with Crippen molar-refractivity contribution in [2.75, 3.05) is 11.4 Å². The number of benzene rings is 2. The molecule has 2 aromatic carbocycles. The molecule has 0 bridgehead atoms. The first-order valence-corrected chi connectivity index (χ1v) is 6.93. The van der Waals surface area contributed by atoms with Crippen molar-refractivity contribution in [2.45, 2.75) is 0 Å². The van der Waals surface area contributed by atoms with E-state index in [0.29, 0.717) is 16.6 Å². The average Bonchev–Trinajstić information content (AvgIpc) is 2.46. The molecule has 1 heterocycles. The van der Waals surface area contributed by atoms with E-state index in [1.807, 2.05) is 42.5 Å². The smallest absolute Gasteiger partial charge is 0.256 e. The van der Waals surface area contributed by atoms with Crippen molar-refractivity contribution in [3.63, 3.8) is 0 Å². The summed E-state index contributed by atoms with van der Waals surface area (Å²) >= 11 is 11.7. The van der Waals surface area contributed by atoms with E-state index in [2.05, 4.69) is 0 Å². The van der Waals surface area contributed by atoms with Gasteiger partial charge in [-0.05, 0) is 48.0 Å². The third-order valence-corrected chi connectivity index (χ3v) is 3.70. The van der Waals surface area contributed by atoms with Gasteiger partial charge in [-0.15, -0.1) is 0 Å². The monoisotopic (exact) mass is 303 g/mol. The molecule has 20 heavy (non-hydrogen) atoms. The lowest BCUT2D eigenvalue weighted by atomic mass is 10.0. The largest absolute Gasteiger partial charge is 0.304 e. The Kier molecular flexibility index (Phi) is 3.51. The van der Waals surface area contributed by atoms with Gasteiger partial charge in [0.25, 0.3) is 5.91 Å². The SMILES string of the molecule is O=C1/C(=C/c2ccc(Cl)cc2)CN1c1ccc(Cl)cc1. The summed E-state index contributed by atoms with van der Waals surface area (Å²) in [6, 6.07) is 14.7. The molecule has 0 radical (unpaired) electrons. The molecule has 0 atom stereocenters. The van der Waals surface area contributed by atoms with Gasteiger partial charge in [0.1, 0.15) is 0 Å². The van der Waals surface area contributed by atoms with Crippen LogP contribution in [-0.2, 0) is 4.79 Å². The molecule has 0 aromatic heterocycles. The van der Waals surface area contributed by atoms with Crippen LogP contribution in [0.1, 0.15) is 5.56 Å². The van der Waals surface area contributed by atoms with Gasteiger partial charge < -0.3 is 4.90 Å². The van der Waals surface area contributed by atoms with Crippen LogP contribution in [0.15, 0.2) is 54.1 Å². The maximum Gasteiger partial charge on any atom is 0.256 e. The van der Waals surface area contributed by atoms with Crippen molar-refractivity contribution in [1.29, 1.82) is 0 Å². The van der Waals surface area contributed by atoms with Crippen molar-refractivity contribution in [1.82, 2.24) is 0 Å². The van der Waals surface area contributed by atoms with Gasteiger partial charge in [-0.1, -0.05) is 35.3 Å². The zero-order chi connectivity index (χ0) is 14.1. The summed E-state index contributed by atoms with van der Waals surface area (Å²) in [7, 11) is 0. The zero-order valence-corrected chi connectivity index (χ0v) is 12.0. The second-order valence-corrected chi connectivity index (χ2v) is 5.46. The summed E-state index contributed by atoms with van der Waals surface area (Å²) in [6.45, 7) is 0.614. The Labute approximate surface area is 127 Å². The molecule has 1 amide bonds. The van der Waals surface area contributed by atoms with Gasteiger partial charge in [-0.3, -0.25) is 4.79 Å². The van der Waals surface area contributed by atoms with Crippen LogP contribution in [-0.4, -0.2) is 12.5 Å². The van der Waals surface area contributed by atoms with Crippen molar-refractivity contribution in [3.05, 3.63) is 69.7 Å². The number of nitrogens with zero attached hydrogens (tertiary/aromatic N) is 1. The van der Waals surface area contributed by atoms with Gasteiger partial charge >= 0.3 is 0 Å². The Balaban J connectivity index is 1.76. The van der Waals surface area contributed by atoms with Crippen LogP contribution in [0.2, 0.25) is 10.0 Å². The minimum Gasteiger partial charge on any atom is -0.304 e. The standard InChI is InChI=1S/C16H11Cl2NO/c17-13-3-1-11(2-4-13)9-12-10-19(16(12)20)15-7-5-14(18)6-8-15/h1-9H,10H2/b12-9+. The van der Waals surface area contributed by atoms with Gasteiger partial charge in [0.15, 0.2) is 0 Å². The molecular weight excluding hydrogens is 293 g/mol. The zero-order valence-electron chi connectivity index (χ0n) is 10.5. The number of hydrogen-bond donors (Lipinski definition) is 0. The van der Waals surface area contributed by atoms with E-state index in [-0.39, 0.29) is 5.91 Å². The fraction of sp³-hybridized carbons (Fsp3) is 0.0625. The Bertz CT molecular complexity index is 675. The molecule has 1 aliphatic rings. The molecule has 0 N–H and O–H groups in total. The summed E-state index contributed by atoms with van der Waals surface area (Å²) in [5.41, 5.74) is 2.64. The topological polar surface area (TPSA) is 20.3 Å². The lowest BCUT2D eigenvalue weighted by Crippen LogP contribution is -2.46. The number of β-lactam (4-membered cyclic amide) rings is 1. The quantitative estimate of drug-likeness (QED) is 0.594. The average molecular weight is 304 g/mol. The minimum absolute atomic E-state index is 0.0299. The lowest BCUT2D eigenvalue weighted by Gasteiger charge is -2.33. The van der Waals surface area contributed by atoms with Crippen molar-refractivity contribution >= 4 is 40.9 Å². The Morgan fingerprint density at radius 1 is 0.900 bits per heavy atom. The van der Waals surface area contributed by atoms with Crippen LogP contribution in [0.4, 0.5) is 5.69 Å². The first-order chi connectivity index (χ1) is 9.63. The van der Waals surface area contributed by atoms with Gasteiger partial charge in [0.05, 0.1) is 6.54 Å². The molecule has 1 saturated heterocycles. The van der Waals surface area contributed by atoms with Gasteiger partial charge in [0, 0.05) is 21.3 Å². The van der Waals surface area contributed by atoms with Crippen LogP contribution < -0.4 is 4.90 Å². The first kappa shape index (κ1) is 13.2. The van der Waals surface area contributed by atoms with Gasteiger partial charge in [0.2, 0.25) is 0 Å². The number of amides is 1. The predicted molar refractivity (Wildman–Crippen MR) is 83.2 cm³/mol. The first-order valence-electron chi connectivity index (χ1n) is 6.17. The molecular formula is C16H11Cl2NO. The maximum atomic E-state index is 12.1. The Hall–Kier alpha value is -1.77. The van der Waals surface area contributed by atoms with Crippen LogP contribution in [0.3, 0.4) is 0 Å². The highest BCUT2D eigenvalue weighted by Crippen LogP contribution is 2.28. The number of anilines is 1. The predicted octanol–water partition coefficient (Wildman–Crippen LogP) is 4.42. The molecule has 2 nitrogen and oxygen atoms in total. The van der Waals surface area contributed by atoms with Crippen molar-refractivity contribution in [3.8, 4) is 0 Å². The van der Waals surface area contributed by atoms with Gasteiger partial charge in [-0.25, -0.2) is 0 Å². The van der Waals surface area contributed by atoms with Crippen molar-refractivity contribution < 1.29 is 4.79 Å². The number of hydrogen-bond acceptors (Lipinski definition) is 1. The summed E-state index contributed by atoms with van der Waals surface area (Å²) in [6.07, 6.45) is 1.89. The van der Waals surface area contributed by atoms with Gasteiger partial charge in [-0.2, -0.15) is 0 Å². The summed E-state index contributed by atoms with van der Waals surface area (Å²) < 4.78 is 0. The Morgan fingerprint density at radius 2 is 1.45 bits per heavy atom. The fourth-order valence-corrected chi connectivity index (χ4v) is 2.34. The van der Waals surface area contributed by atoms with Crippen LogP contribution in [0, 0.1) is 0 Å². The number of carbonyl (C=O) groups excluding carboxylic acids is 1. The third kappa shape index (κ3) is 2.58. The molecule has 0 saturated carbocycles. The lowest BCUT2D eigenvalue weighted by molar-refractivity contribution is -0.117. The maximum absolute atomic E-state index is 12.1. The van der Waals surface area contributed by atoms with Crippen LogP contribution in [0.25, 0.3) is 6.08 Å².